The van der Waals surface area contributed by atoms with Crippen LogP contribution in [0.1, 0.15) is 31.0 Å². The molecule has 0 saturated carbocycles. The van der Waals surface area contributed by atoms with Gasteiger partial charge in [0.15, 0.2) is 0 Å². The first-order valence-corrected chi connectivity index (χ1v) is 6.68. The van der Waals surface area contributed by atoms with Gasteiger partial charge in [-0.05, 0) is 42.5 Å². The van der Waals surface area contributed by atoms with Crippen LogP contribution >= 0.6 is 0 Å². The van der Waals surface area contributed by atoms with Gasteiger partial charge in [0.2, 0.25) is 0 Å². The summed E-state index contributed by atoms with van der Waals surface area (Å²) in [6, 6.07) is 18.5. The quantitative estimate of drug-likeness (QED) is 0.792. The maximum absolute atomic E-state index is 3.59. The second-order valence-electron chi connectivity index (χ2n) is 5.27. The molecule has 3 rings (SSSR count). The summed E-state index contributed by atoms with van der Waals surface area (Å²) in [5.41, 5.74) is 5.58. The molecule has 1 heterocycles. The van der Waals surface area contributed by atoms with Crippen LogP contribution in [0.5, 0.6) is 0 Å². The van der Waals surface area contributed by atoms with Crippen molar-refractivity contribution in [1.29, 1.82) is 0 Å². The number of hydrogen-bond acceptors (Lipinski definition) is 1. The smallest absolute Gasteiger partial charge is 0.0297 e. The molecule has 0 fully saturated rings. The van der Waals surface area contributed by atoms with Crippen molar-refractivity contribution in [3.05, 3.63) is 59.7 Å². The van der Waals surface area contributed by atoms with E-state index in [2.05, 4.69) is 67.7 Å². The molecular weight excluding hydrogens is 218 g/mol. The van der Waals surface area contributed by atoms with Crippen molar-refractivity contribution in [3.8, 4) is 11.1 Å². The molecule has 18 heavy (non-hydrogen) atoms. The summed E-state index contributed by atoms with van der Waals surface area (Å²) in [7, 11) is 0. The summed E-state index contributed by atoms with van der Waals surface area (Å²) in [6.45, 7) is 4.51. The molecule has 0 radical (unpaired) electrons. The molecule has 2 aromatic rings. The van der Waals surface area contributed by atoms with Gasteiger partial charge in [0.05, 0.1) is 0 Å². The van der Waals surface area contributed by atoms with Crippen molar-refractivity contribution in [2.75, 3.05) is 0 Å². The van der Waals surface area contributed by atoms with Crippen LogP contribution < -0.4 is 5.32 Å². The van der Waals surface area contributed by atoms with Gasteiger partial charge in [0, 0.05) is 12.1 Å². The molecule has 0 saturated heterocycles. The monoisotopic (exact) mass is 237 g/mol. The van der Waals surface area contributed by atoms with E-state index < -0.39 is 0 Å². The first kappa shape index (κ1) is 11.5. The molecular formula is C17H19N. The Morgan fingerprint density at radius 2 is 1.72 bits per heavy atom. The predicted octanol–water partition coefficient (Wildman–Crippen LogP) is 3.95. The Morgan fingerprint density at radius 3 is 2.50 bits per heavy atom. The Hall–Kier alpha value is -1.60. The number of fused-ring (bicyclic) bond motifs is 1. The van der Waals surface area contributed by atoms with Crippen LogP contribution in [-0.4, -0.2) is 6.04 Å². The van der Waals surface area contributed by atoms with Crippen LogP contribution in [0.25, 0.3) is 11.1 Å². The number of rotatable bonds is 1. The average Bonchev–Trinajstić information content (AvgIpc) is 2.39. The molecule has 2 aromatic carbocycles. The van der Waals surface area contributed by atoms with Crippen molar-refractivity contribution in [2.45, 2.75) is 32.4 Å². The zero-order chi connectivity index (χ0) is 12.5. The fraction of sp³-hybridized carbons (Fsp3) is 0.294. The first-order valence-electron chi connectivity index (χ1n) is 6.68. The highest BCUT2D eigenvalue weighted by molar-refractivity contribution is 5.65. The van der Waals surface area contributed by atoms with E-state index in [1.165, 1.54) is 22.3 Å². The van der Waals surface area contributed by atoms with Gasteiger partial charge in [0.1, 0.15) is 0 Å². The second-order valence-corrected chi connectivity index (χ2v) is 5.27. The van der Waals surface area contributed by atoms with Gasteiger partial charge in [-0.2, -0.15) is 0 Å². The Bertz CT molecular complexity index is 545. The maximum atomic E-state index is 3.59. The second kappa shape index (κ2) is 4.58. The zero-order valence-electron chi connectivity index (χ0n) is 11.0. The van der Waals surface area contributed by atoms with Crippen molar-refractivity contribution in [2.24, 2.45) is 0 Å². The molecule has 2 unspecified atom stereocenters. The standard InChI is InChI=1S/C17H19N/c1-12-10-16-11-15(14-6-4-3-5-7-14)8-9-17(16)13(2)18-12/h3-9,11-13,18H,10H2,1-2H3. The normalized spacial score (nSPS) is 22.6. The van der Waals surface area contributed by atoms with E-state index in [1.807, 2.05) is 0 Å². The topological polar surface area (TPSA) is 12.0 Å². The minimum Gasteiger partial charge on any atom is -0.307 e. The Morgan fingerprint density at radius 1 is 0.944 bits per heavy atom. The lowest BCUT2D eigenvalue weighted by Gasteiger charge is -2.29. The lowest BCUT2D eigenvalue weighted by atomic mass is 9.89. The fourth-order valence-corrected chi connectivity index (χ4v) is 2.92. The largest absolute Gasteiger partial charge is 0.307 e. The molecule has 1 N–H and O–H groups in total. The van der Waals surface area contributed by atoms with Crippen molar-refractivity contribution < 1.29 is 0 Å². The molecule has 1 aliphatic heterocycles. The van der Waals surface area contributed by atoms with E-state index >= 15 is 0 Å². The summed E-state index contributed by atoms with van der Waals surface area (Å²) in [5.74, 6) is 0. The molecule has 1 aliphatic rings. The van der Waals surface area contributed by atoms with E-state index in [-0.39, 0.29) is 0 Å². The Labute approximate surface area is 109 Å². The summed E-state index contributed by atoms with van der Waals surface area (Å²) < 4.78 is 0. The summed E-state index contributed by atoms with van der Waals surface area (Å²) in [6.07, 6.45) is 1.13. The van der Waals surface area contributed by atoms with Crippen molar-refractivity contribution in [3.63, 3.8) is 0 Å². The van der Waals surface area contributed by atoms with Gasteiger partial charge in [0.25, 0.3) is 0 Å². The van der Waals surface area contributed by atoms with Crippen LogP contribution in [0.15, 0.2) is 48.5 Å². The van der Waals surface area contributed by atoms with Crippen molar-refractivity contribution >= 4 is 0 Å². The molecule has 0 amide bonds. The minimum absolute atomic E-state index is 0.466. The number of hydrogen-bond donors (Lipinski definition) is 1. The third kappa shape index (κ3) is 2.06. The van der Waals surface area contributed by atoms with Crippen LogP contribution in [0.2, 0.25) is 0 Å². The van der Waals surface area contributed by atoms with Crippen molar-refractivity contribution in [1.82, 2.24) is 5.32 Å². The average molecular weight is 237 g/mol. The van der Waals surface area contributed by atoms with Crippen LogP contribution in [0.4, 0.5) is 0 Å². The molecule has 1 nitrogen and oxygen atoms in total. The maximum Gasteiger partial charge on any atom is 0.0297 e. The van der Waals surface area contributed by atoms with E-state index in [4.69, 9.17) is 0 Å². The van der Waals surface area contributed by atoms with E-state index in [9.17, 15) is 0 Å². The molecule has 92 valence electrons. The lowest BCUT2D eigenvalue weighted by Crippen LogP contribution is -2.35. The van der Waals surface area contributed by atoms with Gasteiger partial charge < -0.3 is 5.32 Å². The first-order chi connectivity index (χ1) is 8.74. The van der Waals surface area contributed by atoms with E-state index in [0.717, 1.165) is 6.42 Å². The van der Waals surface area contributed by atoms with Crippen LogP contribution in [0.3, 0.4) is 0 Å². The predicted molar refractivity (Wildman–Crippen MR) is 76.6 cm³/mol. The fourth-order valence-electron chi connectivity index (χ4n) is 2.92. The van der Waals surface area contributed by atoms with Crippen LogP contribution in [-0.2, 0) is 6.42 Å². The minimum atomic E-state index is 0.466. The summed E-state index contributed by atoms with van der Waals surface area (Å²) in [5, 5.41) is 3.59. The highest BCUT2D eigenvalue weighted by Gasteiger charge is 2.20. The van der Waals surface area contributed by atoms with E-state index in [0.29, 0.717) is 12.1 Å². The van der Waals surface area contributed by atoms with Gasteiger partial charge in [-0.3, -0.25) is 0 Å². The van der Waals surface area contributed by atoms with Crippen LogP contribution in [0, 0.1) is 0 Å². The lowest BCUT2D eigenvalue weighted by molar-refractivity contribution is 0.446. The van der Waals surface area contributed by atoms with Gasteiger partial charge in [-0.15, -0.1) is 0 Å². The molecule has 0 bridgehead atoms. The summed E-state index contributed by atoms with van der Waals surface area (Å²) in [4.78, 5) is 0. The molecule has 0 aliphatic carbocycles. The molecule has 2 atom stereocenters. The third-order valence-corrected chi connectivity index (χ3v) is 3.78. The Kier molecular flexibility index (Phi) is 2.92. The summed E-state index contributed by atoms with van der Waals surface area (Å²) >= 11 is 0. The van der Waals surface area contributed by atoms with E-state index in [1.54, 1.807) is 0 Å². The van der Waals surface area contributed by atoms with Gasteiger partial charge in [-0.1, -0.05) is 48.5 Å². The third-order valence-electron chi connectivity index (χ3n) is 3.78. The highest BCUT2D eigenvalue weighted by Crippen LogP contribution is 2.29. The number of nitrogens with one attached hydrogen (secondary N) is 1. The molecule has 0 aromatic heterocycles. The van der Waals surface area contributed by atoms with Gasteiger partial charge in [-0.25, -0.2) is 0 Å². The Balaban J connectivity index is 2.03. The molecule has 1 heteroatoms. The van der Waals surface area contributed by atoms with Gasteiger partial charge >= 0.3 is 0 Å². The molecule has 0 spiro atoms. The SMILES string of the molecule is CC1Cc2cc(-c3ccccc3)ccc2C(C)N1. The number of benzene rings is 2. The zero-order valence-corrected chi connectivity index (χ0v) is 11.0. The highest BCUT2D eigenvalue weighted by atomic mass is 14.9.